The molecular weight excluding hydrogens is 1010 g/mol. The zero-order chi connectivity index (χ0) is 40.8. The van der Waals surface area contributed by atoms with Gasteiger partial charge in [0.2, 0.25) is 20.0 Å². The first-order valence-corrected chi connectivity index (χ1v) is 23.7. The van der Waals surface area contributed by atoms with E-state index >= 15 is 0 Å². The fourth-order valence-electron chi connectivity index (χ4n) is 7.01. The Morgan fingerprint density at radius 1 is 0.714 bits per heavy atom. The number of likely N-dealkylation sites (tertiary alicyclic amines) is 2. The van der Waals surface area contributed by atoms with E-state index < -0.39 is 20.0 Å². The van der Waals surface area contributed by atoms with E-state index in [0.717, 1.165) is 16.7 Å². The number of nitriles is 2. The molecule has 0 aromatic heterocycles. The van der Waals surface area contributed by atoms with Crippen molar-refractivity contribution in [1.29, 1.82) is 10.5 Å². The topological polar surface area (TPSA) is 129 Å². The number of hydrogen-bond donors (Lipinski definition) is 0. The molecule has 0 amide bonds. The molecule has 16 heteroatoms. The number of benzene rings is 4. The Morgan fingerprint density at radius 2 is 1.18 bits per heavy atom. The first-order valence-electron chi connectivity index (χ1n) is 17.6. The number of hydrogen-bond acceptors (Lipinski definition) is 8. The zero-order valence-corrected chi connectivity index (χ0v) is 38.6. The van der Waals surface area contributed by atoms with Crippen LogP contribution in [0.4, 0.5) is 0 Å². The third-order valence-electron chi connectivity index (χ3n) is 9.87. The number of rotatable bonds is 11. The Hall–Kier alpha value is -3.06. The molecule has 0 N–H and O–H groups in total. The maximum atomic E-state index is 14.0. The molecule has 2 heterocycles. The van der Waals surface area contributed by atoms with Crippen LogP contribution in [0, 0.1) is 22.9 Å². The van der Waals surface area contributed by atoms with Crippen LogP contribution in [0.5, 0.6) is 0 Å². The minimum atomic E-state index is -3.87. The molecule has 0 radical (unpaired) electrons. The van der Waals surface area contributed by atoms with Gasteiger partial charge in [0.15, 0.2) is 12.4 Å². The molecule has 56 heavy (non-hydrogen) atoms. The molecule has 0 bridgehead atoms. The van der Waals surface area contributed by atoms with Crippen molar-refractivity contribution in [3.63, 3.8) is 0 Å². The van der Waals surface area contributed by atoms with Crippen molar-refractivity contribution in [3.8, 4) is 23.5 Å². The van der Waals surface area contributed by atoms with Gasteiger partial charge in [0.05, 0.1) is 9.79 Å². The standard InChI is InChI=1S/C25H23Br2N3O2S.C15H17Br2N3O2S/c1-18-13-22(16-29(18)17-28)30(33(31,32)25-14-21(26)11-12-24(25)27)15-20-9-5-6-10-23(20)19-7-3-2-4-8-19;1-3-6-20(13-7-11(2)19(9-13)10-18)23(21,22)15-8-12(16)4-5-14(15)17/h2-12,14,18,22H,13,15-16H2,1H3;3-5,8,11,13H,1,6-7,9H2,2H3/t18-,22+;11-,13+/m00/s1. The third-order valence-corrected chi connectivity index (χ3v) is 16.7. The Bertz CT molecular complexity index is 2360. The van der Waals surface area contributed by atoms with Gasteiger partial charge < -0.3 is 9.80 Å². The molecule has 10 nitrogen and oxygen atoms in total. The van der Waals surface area contributed by atoms with Crippen molar-refractivity contribution >= 4 is 83.8 Å². The highest BCUT2D eigenvalue weighted by Gasteiger charge is 2.41. The van der Waals surface area contributed by atoms with Gasteiger partial charge in [-0.25, -0.2) is 16.8 Å². The van der Waals surface area contributed by atoms with Crippen LogP contribution in [-0.4, -0.2) is 79.0 Å². The molecule has 2 aliphatic rings. The molecule has 4 aromatic carbocycles. The summed E-state index contributed by atoms with van der Waals surface area (Å²) < 4.78 is 59.7. The Kier molecular flexibility index (Phi) is 15.0. The molecule has 294 valence electrons. The lowest BCUT2D eigenvalue weighted by Gasteiger charge is -2.29. The van der Waals surface area contributed by atoms with Crippen molar-refractivity contribution in [2.24, 2.45) is 0 Å². The molecule has 0 saturated carbocycles. The normalized spacial score (nSPS) is 19.7. The second-order valence-corrected chi connectivity index (χ2v) is 20.8. The molecule has 0 spiro atoms. The van der Waals surface area contributed by atoms with Crippen molar-refractivity contribution in [1.82, 2.24) is 18.4 Å². The Morgan fingerprint density at radius 3 is 1.66 bits per heavy atom. The van der Waals surface area contributed by atoms with Gasteiger partial charge in [0.1, 0.15) is 0 Å². The van der Waals surface area contributed by atoms with Crippen LogP contribution in [0.2, 0.25) is 0 Å². The van der Waals surface area contributed by atoms with E-state index in [2.05, 4.69) is 82.7 Å². The monoisotopic (exact) mass is 1050 g/mol. The van der Waals surface area contributed by atoms with E-state index in [0.29, 0.717) is 43.8 Å². The minimum Gasteiger partial charge on any atom is -0.306 e. The largest absolute Gasteiger partial charge is 0.306 e. The summed E-state index contributed by atoms with van der Waals surface area (Å²) in [6, 6.07) is 27.5. The van der Waals surface area contributed by atoms with E-state index in [1.54, 1.807) is 56.6 Å². The average molecular weight is 1050 g/mol. The molecule has 0 unspecified atom stereocenters. The number of nitrogens with zero attached hydrogens (tertiary/aromatic N) is 6. The molecule has 4 aromatic rings. The zero-order valence-electron chi connectivity index (χ0n) is 30.6. The lowest BCUT2D eigenvalue weighted by molar-refractivity contribution is 0.313. The smallest absolute Gasteiger partial charge is 0.244 e. The van der Waals surface area contributed by atoms with Crippen LogP contribution < -0.4 is 0 Å². The Balaban J connectivity index is 0.000000229. The second kappa shape index (κ2) is 19.1. The summed E-state index contributed by atoms with van der Waals surface area (Å²) in [4.78, 5) is 3.69. The third kappa shape index (κ3) is 9.96. The van der Waals surface area contributed by atoms with Crippen molar-refractivity contribution in [2.45, 2.75) is 67.2 Å². The first-order chi connectivity index (χ1) is 26.6. The van der Waals surface area contributed by atoms with Gasteiger partial charge in [0.25, 0.3) is 0 Å². The van der Waals surface area contributed by atoms with E-state index in [4.69, 9.17) is 5.26 Å². The van der Waals surface area contributed by atoms with E-state index in [9.17, 15) is 22.1 Å². The van der Waals surface area contributed by atoms with Gasteiger partial charge >= 0.3 is 0 Å². The van der Waals surface area contributed by atoms with E-state index in [1.165, 1.54) is 4.31 Å². The van der Waals surface area contributed by atoms with E-state index in [1.807, 2.05) is 68.4 Å². The fraction of sp³-hybridized carbons (Fsp3) is 0.300. The van der Waals surface area contributed by atoms with Crippen LogP contribution in [0.1, 0.15) is 32.3 Å². The van der Waals surface area contributed by atoms with Gasteiger partial charge in [0, 0.05) is 68.2 Å². The second-order valence-electron chi connectivity index (χ2n) is 13.6. The molecule has 6 rings (SSSR count). The Labute approximate surface area is 364 Å². The summed E-state index contributed by atoms with van der Waals surface area (Å²) in [6.45, 7) is 8.75. The lowest BCUT2D eigenvalue weighted by Crippen LogP contribution is -2.41. The summed E-state index contributed by atoms with van der Waals surface area (Å²) >= 11 is 13.5. The summed E-state index contributed by atoms with van der Waals surface area (Å²) in [5, 5.41) is 18.7. The lowest BCUT2D eigenvalue weighted by atomic mass is 9.99. The highest BCUT2D eigenvalue weighted by atomic mass is 79.9. The SMILES string of the molecule is C=CCN([C@@H]1C[C@H](C)N(C#N)C1)S(=O)(=O)c1cc(Br)ccc1Br.C[C@H]1C[C@@H](N(Cc2ccccc2-c2ccccc2)S(=O)(=O)c2cc(Br)ccc2Br)CN1C#N. The van der Waals surface area contributed by atoms with Gasteiger partial charge in [-0.2, -0.15) is 19.1 Å². The number of halogens is 4. The predicted octanol–water partition coefficient (Wildman–Crippen LogP) is 9.35. The molecule has 2 fully saturated rings. The predicted molar refractivity (Wildman–Crippen MR) is 233 cm³/mol. The van der Waals surface area contributed by atoms with Gasteiger partial charge in [-0.1, -0.05) is 92.5 Å². The highest BCUT2D eigenvalue weighted by molar-refractivity contribution is 9.11. The number of sulfonamides is 2. The summed E-state index contributed by atoms with van der Waals surface area (Å²) in [7, 11) is -7.58. The van der Waals surface area contributed by atoms with Crippen molar-refractivity contribution in [3.05, 3.63) is 127 Å². The summed E-state index contributed by atoms with van der Waals surface area (Å²) in [5.41, 5.74) is 2.95. The van der Waals surface area contributed by atoms with Gasteiger partial charge in [-0.05, 0) is 112 Å². The quantitative estimate of drug-likeness (QED) is 0.107. The van der Waals surface area contributed by atoms with Crippen molar-refractivity contribution < 1.29 is 16.8 Å². The van der Waals surface area contributed by atoms with Crippen LogP contribution in [0.15, 0.2) is 131 Å². The molecule has 0 aliphatic carbocycles. The van der Waals surface area contributed by atoms with Crippen LogP contribution >= 0.6 is 63.7 Å². The average Bonchev–Trinajstić information content (AvgIpc) is 3.75. The van der Waals surface area contributed by atoms with Crippen LogP contribution in [-0.2, 0) is 26.6 Å². The maximum Gasteiger partial charge on any atom is 0.244 e. The van der Waals surface area contributed by atoms with Gasteiger partial charge in [-0.15, -0.1) is 6.58 Å². The molecule has 4 atom stereocenters. The maximum absolute atomic E-state index is 14.0. The van der Waals surface area contributed by atoms with Crippen LogP contribution in [0.3, 0.4) is 0 Å². The summed E-state index contributed by atoms with van der Waals surface area (Å²) in [6.07, 6.45) is 7.11. The summed E-state index contributed by atoms with van der Waals surface area (Å²) in [5.74, 6) is 0. The highest BCUT2D eigenvalue weighted by Crippen LogP contribution is 2.36. The van der Waals surface area contributed by atoms with E-state index in [-0.39, 0.29) is 47.0 Å². The molecular formula is C40H40Br4N6O4S2. The first kappa shape index (κ1) is 44.1. The van der Waals surface area contributed by atoms with Crippen LogP contribution in [0.25, 0.3) is 11.1 Å². The van der Waals surface area contributed by atoms with Gasteiger partial charge in [-0.3, -0.25) is 0 Å². The van der Waals surface area contributed by atoms with Crippen molar-refractivity contribution in [2.75, 3.05) is 19.6 Å². The molecule has 2 aliphatic heterocycles. The minimum absolute atomic E-state index is 0.0204. The fourth-order valence-corrected chi connectivity index (χ4v) is 13.1. The molecule has 2 saturated heterocycles.